The number of para-hydroxylation sites is 1. The molecule has 6 rings (SSSR count). The lowest BCUT2D eigenvalue weighted by Gasteiger charge is -2.22. The first kappa shape index (κ1) is 21.9. The third-order valence-electron chi connectivity index (χ3n) is 6.96. The van der Waals surface area contributed by atoms with Crippen LogP contribution in [0.4, 0.5) is 4.79 Å². The number of urea groups is 1. The SMILES string of the molecule is Cn1c(-c2ccccc2)c(C(=O)CN2C(=O)NC(C)(c3ccc4c(c3)OCO4)C2=O)c2ccccc21. The highest BCUT2D eigenvalue weighted by atomic mass is 16.7. The molecule has 0 bridgehead atoms. The van der Waals surface area contributed by atoms with E-state index in [2.05, 4.69) is 5.32 Å². The van der Waals surface area contributed by atoms with Crippen molar-refractivity contribution in [3.8, 4) is 22.8 Å². The molecule has 0 radical (unpaired) electrons. The Balaban J connectivity index is 1.37. The van der Waals surface area contributed by atoms with Crippen LogP contribution in [0.15, 0.2) is 72.8 Å². The topological polar surface area (TPSA) is 89.9 Å². The molecule has 3 aromatic carbocycles. The molecule has 0 spiro atoms. The first-order chi connectivity index (χ1) is 17.4. The van der Waals surface area contributed by atoms with Gasteiger partial charge in [-0.1, -0.05) is 54.6 Å². The highest BCUT2D eigenvalue weighted by Gasteiger charge is 2.50. The maximum atomic E-state index is 13.8. The van der Waals surface area contributed by atoms with Crippen LogP contribution in [0.2, 0.25) is 0 Å². The van der Waals surface area contributed by atoms with Crippen molar-refractivity contribution in [1.82, 2.24) is 14.8 Å². The van der Waals surface area contributed by atoms with Crippen molar-refractivity contribution in [2.24, 2.45) is 7.05 Å². The standard InChI is InChI=1S/C28H23N3O5/c1-28(18-12-13-22-23(14-18)36-16-35-22)26(33)31(27(34)29-28)15-21(32)24-19-10-6-7-11-20(19)30(2)25(24)17-8-4-3-5-9-17/h3-14H,15-16H2,1-2H3,(H,29,34). The number of aryl methyl sites for hydroxylation is 1. The van der Waals surface area contributed by atoms with Crippen molar-refractivity contribution in [2.45, 2.75) is 12.5 Å². The quantitative estimate of drug-likeness (QED) is 0.341. The number of nitrogens with one attached hydrogen (secondary N) is 1. The largest absolute Gasteiger partial charge is 0.454 e. The van der Waals surface area contributed by atoms with Gasteiger partial charge in [0.2, 0.25) is 6.79 Å². The first-order valence-corrected chi connectivity index (χ1v) is 11.6. The summed E-state index contributed by atoms with van der Waals surface area (Å²) in [6.07, 6.45) is 0. The van der Waals surface area contributed by atoms with Gasteiger partial charge < -0.3 is 19.4 Å². The summed E-state index contributed by atoms with van der Waals surface area (Å²) in [7, 11) is 1.91. The molecule has 8 nitrogen and oxygen atoms in total. The highest BCUT2D eigenvalue weighted by molar-refractivity contribution is 6.17. The molecule has 0 saturated carbocycles. The third kappa shape index (κ3) is 3.18. The van der Waals surface area contributed by atoms with Crippen LogP contribution in [-0.2, 0) is 17.4 Å². The second-order valence-corrected chi connectivity index (χ2v) is 9.10. The zero-order valence-electron chi connectivity index (χ0n) is 19.8. The number of hydrogen-bond acceptors (Lipinski definition) is 5. The van der Waals surface area contributed by atoms with Crippen molar-refractivity contribution in [3.63, 3.8) is 0 Å². The maximum absolute atomic E-state index is 13.8. The van der Waals surface area contributed by atoms with Crippen LogP contribution in [0.5, 0.6) is 11.5 Å². The van der Waals surface area contributed by atoms with Crippen molar-refractivity contribution in [2.75, 3.05) is 13.3 Å². The average Bonchev–Trinajstić information content (AvgIpc) is 3.54. The van der Waals surface area contributed by atoms with Gasteiger partial charge in [0, 0.05) is 18.0 Å². The Morgan fingerprint density at radius 3 is 2.50 bits per heavy atom. The molecule has 3 amide bonds. The van der Waals surface area contributed by atoms with Gasteiger partial charge in [0.25, 0.3) is 5.91 Å². The Morgan fingerprint density at radius 1 is 0.972 bits per heavy atom. The molecule has 36 heavy (non-hydrogen) atoms. The summed E-state index contributed by atoms with van der Waals surface area (Å²) in [5, 5.41) is 3.54. The summed E-state index contributed by atoms with van der Waals surface area (Å²) in [4.78, 5) is 41.3. The lowest BCUT2D eigenvalue weighted by atomic mass is 9.91. The Hall–Kier alpha value is -4.59. The molecular formula is C28H23N3O5. The second kappa shape index (κ2) is 7.98. The number of nitrogens with zero attached hydrogens (tertiary/aromatic N) is 2. The number of imide groups is 1. The van der Waals surface area contributed by atoms with Gasteiger partial charge in [-0.3, -0.25) is 14.5 Å². The summed E-state index contributed by atoms with van der Waals surface area (Å²) in [6.45, 7) is 1.35. The highest BCUT2D eigenvalue weighted by Crippen LogP contribution is 2.38. The molecule has 2 aliphatic rings. The van der Waals surface area contributed by atoms with Gasteiger partial charge in [-0.05, 0) is 36.2 Å². The maximum Gasteiger partial charge on any atom is 0.325 e. The molecule has 8 heteroatoms. The number of rotatable bonds is 5. The van der Waals surface area contributed by atoms with Crippen LogP contribution < -0.4 is 14.8 Å². The molecular weight excluding hydrogens is 458 g/mol. The molecule has 0 aliphatic carbocycles. The Labute approximate surface area is 207 Å². The molecule has 1 unspecified atom stereocenters. The van der Waals surface area contributed by atoms with E-state index in [0.29, 0.717) is 22.6 Å². The smallest absolute Gasteiger partial charge is 0.325 e. The number of carbonyl (C=O) groups excluding carboxylic acids is 3. The summed E-state index contributed by atoms with van der Waals surface area (Å²) in [5.74, 6) is 0.273. The first-order valence-electron chi connectivity index (χ1n) is 11.6. The Bertz CT molecular complexity index is 1560. The molecule has 1 fully saturated rings. The van der Waals surface area contributed by atoms with Crippen LogP contribution in [0, 0.1) is 0 Å². The second-order valence-electron chi connectivity index (χ2n) is 9.10. The number of carbonyl (C=O) groups is 3. The normalized spacial score (nSPS) is 18.7. The predicted octanol–water partition coefficient (Wildman–Crippen LogP) is 4.22. The number of benzene rings is 3. The van der Waals surface area contributed by atoms with Gasteiger partial charge in [0.1, 0.15) is 5.54 Å². The molecule has 4 aromatic rings. The van der Waals surface area contributed by atoms with Gasteiger partial charge in [-0.2, -0.15) is 0 Å². The van der Waals surface area contributed by atoms with E-state index in [-0.39, 0.29) is 19.1 Å². The zero-order valence-corrected chi connectivity index (χ0v) is 19.8. The van der Waals surface area contributed by atoms with E-state index in [1.807, 2.05) is 66.2 Å². The lowest BCUT2D eigenvalue weighted by Crippen LogP contribution is -2.41. The monoisotopic (exact) mass is 481 g/mol. The van der Waals surface area contributed by atoms with Crippen LogP contribution in [0.25, 0.3) is 22.2 Å². The number of Topliss-reactive ketones (excluding diaryl/α,β-unsaturated/α-hetero) is 1. The van der Waals surface area contributed by atoms with E-state index in [9.17, 15) is 14.4 Å². The van der Waals surface area contributed by atoms with Gasteiger partial charge in [0.15, 0.2) is 17.3 Å². The molecule has 1 atom stereocenters. The number of aromatic nitrogens is 1. The van der Waals surface area contributed by atoms with Crippen molar-refractivity contribution in [1.29, 1.82) is 0 Å². The minimum absolute atomic E-state index is 0.102. The van der Waals surface area contributed by atoms with Crippen LogP contribution in [0.1, 0.15) is 22.8 Å². The van der Waals surface area contributed by atoms with Gasteiger partial charge >= 0.3 is 6.03 Å². The number of amides is 3. The third-order valence-corrected chi connectivity index (χ3v) is 6.96. The fourth-order valence-corrected chi connectivity index (χ4v) is 5.08. The van der Waals surface area contributed by atoms with Crippen LogP contribution in [-0.4, -0.2) is 40.5 Å². The fraction of sp³-hybridized carbons (Fsp3) is 0.179. The van der Waals surface area contributed by atoms with Gasteiger partial charge in [-0.15, -0.1) is 0 Å². The zero-order chi connectivity index (χ0) is 25.0. The minimum atomic E-state index is -1.33. The number of hydrogen-bond donors (Lipinski definition) is 1. The average molecular weight is 482 g/mol. The van der Waals surface area contributed by atoms with E-state index in [4.69, 9.17) is 9.47 Å². The van der Waals surface area contributed by atoms with Crippen molar-refractivity contribution < 1.29 is 23.9 Å². The summed E-state index contributed by atoms with van der Waals surface area (Å²) >= 11 is 0. The summed E-state index contributed by atoms with van der Waals surface area (Å²) in [6, 6.07) is 21.7. The number of fused-ring (bicyclic) bond motifs is 2. The lowest BCUT2D eigenvalue weighted by molar-refractivity contribution is -0.130. The van der Waals surface area contributed by atoms with Crippen LogP contribution in [0.3, 0.4) is 0 Å². The number of ketones is 1. The molecule has 180 valence electrons. The predicted molar refractivity (Wildman–Crippen MR) is 133 cm³/mol. The van der Waals surface area contributed by atoms with E-state index < -0.39 is 17.5 Å². The molecule has 3 heterocycles. The number of ether oxygens (including phenoxy) is 2. The van der Waals surface area contributed by atoms with Crippen LogP contribution >= 0.6 is 0 Å². The Morgan fingerprint density at radius 2 is 1.69 bits per heavy atom. The van der Waals surface area contributed by atoms with Crippen molar-refractivity contribution in [3.05, 3.63) is 83.9 Å². The van der Waals surface area contributed by atoms with Gasteiger partial charge in [-0.25, -0.2) is 4.79 Å². The molecule has 1 N–H and O–H groups in total. The van der Waals surface area contributed by atoms with E-state index >= 15 is 0 Å². The summed E-state index contributed by atoms with van der Waals surface area (Å²) in [5.41, 5.74) is 2.21. The van der Waals surface area contributed by atoms with E-state index in [1.54, 1.807) is 25.1 Å². The molecule has 1 aromatic heterocycles. The van der Waals surface area contributed by atoms with Gasteiger partial charge in [0.05, 0.1) is 17.8 Å². The minimum Gasteiger partial charge on any atom is -0.454 e. The molecule has 2 aliphatic heterocycles. The molecule has 1 saturated heterocycles. The van der Waals surface area contributed by atoms with Crippen molar-refractivity contribution >= 4 is 28.6 Å². The van der Waals surface area contributed by atoms with E-state index in [1.165, 1.54) is 0 Å². The summed E-state index contributed by atoms with van der Waals surface area (Å²) < 4.78 is 12.8. The fourth-order valence-electron chi connectivity index (χ4n) is 5.08. The van der Waals surface area contributed by atoms with E-state index in [0.717, 1.165) is 27.1 Å². The Kier molecular flexibility index (Phi) is 4.86.